The molecule has 1 aromatic carbocycles. The van der Waals surface area contributed by atoms with E-state index in [1.807, 2.05) is 52.0 Å². The van der Waals surface area contributed by atoms with Gasteiger partial charge in [-0.2, -0.15) is 0 Å². The lowest BCUT2D eigenvalue weighted by Crippen LogP contribution is -2.31. The molecule has 0 saturated carbocycles. The predicted octanol–water partition coefficient (Wildman–Crippen LogP) is 2.87. The van der Waals surface area contributed by atoms with Gasteiger partial charge in [-0.15, -0.1) is 0 Å². The normalized spacial score (nSPS) is 13.0. The largest absolute Gasteiger partial charge is 0.491 e. The quantitative estimate of drug-likeness (QED) is 0.736. The fourth-order valence-electron chi connectivity index (χ4n) is 1.78. The molecule has 0 bridgehead atoms. The van der Waals surface area contributed by atoms with Crippen molar-refractivity contribution in [2.75, 3.05) is 13.2 Å². The van der Waals surface area contributed by atoms with Crippen LogP contribution in [0.3, 0.4) is 0 Å². The van der Waals surface area contributed by atoms with E-state index in [9.17, 15) is 0 Å². The van der Waals surface area contributed by atoms with Gasteiger partial charge in [0.1, 0.15) is 5.75 Å². The Morgan fingerprint density at radius 3 is 1.95 bits per heavy atom. The van der Waals surface area contributed by atoms with Crippen LogP contribution in [-0.4, -0.2) is 25.6 Å². The van der Waals surface area contributed by atoms with E-state index in [4.69, 9.17) is 19.9 Å². The third kappa shape index (κ3) is 5.19. The van der Waals surface area contributed by atoms with E-state index >= 15 is 0 Å². The average Bonchev–Trinajstić information content (AvgIpc) is 2.38. The molecule has 0 heterocycles. The lowest BCUT2D eigenvalue weighted by molar-refractivity contribution is -0.149. The highest BCUT2D eigenvalue weighted by Crippen LogP contribution is 2.21. The number of ether oxygens (including phenoxy) is 3. The molecule has 19 heavy (non-hydrogen) atoms. The average molecular weight is 267 g/mol. The van der Waals surface area contributed by atoms with E-state index in [1.54, 1.807) is 0 Å². The highest BCUT2D eigenvalue weighted by atomic mass is 16.7. The minimum absolute atomic E-state index is 0.166. The van der Waals surface area contributed by atoms with E-state index < -0.39 is 6.29 Å². The molecule has 1 rings (SSSR count). The van der Waals surface area contributed by atoms with Crippen molar-refractivity contribution >= 4 is 0 Å². The Kier molecular flexibility index (Phi) is 6.84. The van der Waals surface area contributed by atoms with Gasteiger partial charge in [0.2, 0.25) is 0 Å². The third-order valence-electron chi connectivity index (χ3n) is 2.59. The fourth-order valence-corrected chi connectivity index (χ4v) is 1.78. The van der Waals surface area contributed by atoms with E-state index in [-0.39, 0.29) is 12.1 Å². The van der Waals surface area contributed by atoms with Crippen LogP contribution in [-0.2, 0) is 9.47 Å². The molecule has 0 aliphatic heterocycles. The highest BCUT2D eigenvalue weighted by molar-refractivity contribution is 5.29. The fraction of sp³-hybridized carbons (Fsp3) is 0.600. The van der Waals surface area contributed by atoms with E-state index in [1.165, 1.54) is 0 Å². The molecule has 1 aromatic rings. The summed E-state index contributed by atoms with van der Waals surface area (Å²) >= 11 is 0. The summed E-state index contributed by atoms with van der Waals surface area (Å²) in [7, 11) is 0. The Morgan fingerprint density at radius 2 is 1.53 bits per heavy atom. The van der Waals surface area contributed by atoms with Gasteiger partial charge in [-0.1, -0.05) is 12.1 Å². The first kappa shape index (κ1) is 16.0. The molecule has 0 aliphatic carbocycles. The van der Waals surface area contributed by atoms with Crippen LogP contribution in [0.15, 0.2) is 24.3 Å². The van der Waals surface area contributed by atoms with Crippen LogP contribution in [0.5, 0.6) is 5.75 Å². The van der Waals surface area contributed by atoms with Gasteiger partial charge in [0.25, 0.3) is 0 Å². The zero-order chi connectivity index (χ0) is 14.3. The predicted molar refractivity (Wildman–Crippen MR) is 76.2 cm³/mol. The first-order chi connectivity index (χ1) is 9.08. The van der Waals surface area contributed by atoms with Crippen molar-refractivity contribution in [2.24, 2.45) is 5.73 Å². The van der Waals surface area contributed by atoms with Crippen molar-refractivity contribution in [3.05, 3.63) is 29.8 Å². The van der Waals surface area contributed by atoms with Gasteiger partial charge in [-0.05, 0) is 45.4 Å². The van der Waals surface area contributed by atoms with Crippen molar-refractivity contribution in [1.29, 1.82) is 0 Å². The Labute approximate surface area is 115 Å². The molecule has 4 nitrogen and oxygen atoms in total. The summed E-state index contributed by atoms with van der Waals surface area (Å²) in [5.74, 6) is 0.843. The molecule has 0 aromatic heterocycles. The minimum atomic E-state index is -0.410. The number of benzene rings is 1. The van der Waals surface area contributed by atoms with Crippen molar-refractivity contribution in [3.63, 3.8) is 0 Å². The topological polar surface area (TPSA) is 53.7 Å². The Bertz CT molecular complexity index is 345. The second kappa shape index (κ2) is 8.15. The smallest absolute Gasteiger partial charge is 0.176 e. The summed E-state index contributed by atoms with van der Waals surface area (Å²) in [5, 5.41) is 0. The molecular formula is C15H25NO3. The summed E-state index contributed by atoms with van der Waals surface area (Å²) in [4.78, 5) is 0. The van der Waals surface area contributed by atoms with E-state index in [0.29, 0.717) is 13.2 Å². The molecule has 0 aliphatic rings. The Morgan fingerprint density at radius 1 is 1.00 bits per heavy atom. The van der Waals surface area contributed by atoms with Crippen LogP contribution in [0.2, 0.25) is 0 Å². The molecule has 2 N–H and O–H groups in total. The molecule has 0 fully saturated rings. The minimum Gasteiger partial charge on any atom is -0.491 e. The van der Waals surface area contributed by atoms with Crippen LogP contribution in [0.4, 0.5) is 0 Å². The number of nitrogens with two attached hydrogens (primary N) is 1. The van der Waals surface area contributed by atoms with Crippen LogP contribution < -0.4 is 10.5 Å². The van der Waals surface area contributed by atoms with Crippen molar-refractivity contribution in [3.8, 4) is 5.75 Å². The number of hydrogen-bond donors (Lipinski definition) is 1. The van der Waals surface area contributed by atoms with Crippen molar-refractivity contribution < 1.29 is 14.2 Å². The molecule has 1 atom stereocenters. The molecule has 0 saturated heterocycles. The second-order valence-corrected chi connectivity index (χ2v) is 4.54. The molecular weight excluding hydrogens is 242 g/mol. The van der Waals surface area contributed by atoms with Gasteiger partial charge in [0.05, 0.1) is 12.1 Å². The summed E-state index contributed by atoms with van der Waals surface area (Å²) in [5.41, 5.74) is 7.15. The van der Waals surface area contributed by atoms with Crippen LogP contribution in [0.1, 0.15) is 39.3 Å². The van der Waals surface area contributed by atoms with Gasteiger partial charge in [-0.25, -0.2) is 0 Å². The zero-order valence-electron chi connectivity index (χ0n) is 12.3. The van der Waals surface area contributed by atoms with Gasteiger partial charge >= 0.3 is 0 Å². The van der Waals surface area contributed by atoms with Crippen LogP contribution >= 0.6 is 0 Å². The monoisotopic (exact) mass is 267 g/mol. The lowest BCUT2D eigenvalue weighted by atomic mass is 10.1. The zero-order valence-corrected chi connectivity index (χ0v) is 12.3. The molecule has 1 unspecified atom stereocenters. The first-order valence-electron chi connectivity index (χ1n) is 6.83. The maximum absolute atomic E-state index is 6.17. The lowest BCUT2D eigenvalue weighted by Gasteiger charge is -2.24. The maximum atomic E-state index is 6.17. The Hall–Kier alpha value is -1.10. The third-order valence-corrected chi connectivity index (χ3v) is 2.59. The molecule has 0 spiro atoms. The Balaban J connectivity index is 2.72. The summed E-state index contributed by atoms with van der Waals surface area (Å²) in [6.45, 7) is 9.01. The highest BCUT2D eigenvalue weighted by Gasteiger charge is 2.20. The van der Waals surface area contributed by atoms with Gasteiger partial charge in [-0.3, -0.25) is 0 Å². The summed E-state index contributed by atoms with van der Waals surface area (Å²) < 4.78 is 16.6. The standard InChI is InChI=1S/C15H25NO3/c1-5-17-15(18-6-2)14(16)12-7-9-13(10-8-12)19-11(3)4/h7-11,14-15H,5-6,16H2,1-4H3. The van der Waals surface area contributed by atoms with Gasteiger partial charge in [0.15, 0.2) is 6.29 Å². The van der Waals surface area contributed by atoms with E-state index in [0.717, 1.165) is 11.3 Å². The summed E-state index contributed by atoms with van der Waals surface area (Å²) in [6, 6.07) is 7.45. The first-order valence-corrected chi connectivity index (χ1v) is 6.83. The van der Waals surface area contributed by atoms with Crippen molar-refractivity contribution in [1.82, 2.24) is 0 Å². The second-order valence-electron chi connectivity index (χ2n) is 4.54. The molecule has 0 radical (unpaired) electrons. The van der Waals surface area contributed by atoms with Crippen LogP contribution in [0.25, 0.3) is 0 Å². The van der Waals surface area contributed by atoms with E-state index in [2.05, 4.69) is 0 Å². The van der Waals surface area contributed by atoms with Crippen molar-refractivity contribution in [2.45, 2.75) is 46.1 Å². The number of hydrogen-bond acceptors (Lipinski definition) is 4. The van der Waals surface area contributed by atoms with Gasteiger partial charge in [0, 0.05) is 13.2 Å². The number of rotatable bonds is 8. The molecule has 108 valence electrons. The van der Waals surface area contributed by atoms with Crippen LogP contribution in [0, 0.1) is 0 Å². The molecule has 4 heteroatoms. The maximum Gasteiger partial charge on any atom is 0.176 e. The van der Waals surface area contributed by atoms with Gasteiger partial charge < -0.3 is 19.9 Å². The SMILES string of the molecule is CCOC(OCC)C(N)c1ccc(OC(C)C)cc1. The molecule has 0 amide bonds. The summed E-state index contributed by atoms with van der Waals surface area (Å²) in [6.07, 6.45) is -0.244.